The molecule has 0 aliphatic rings. The maximum atomic E-state index is 12.8. The molecular formula is C10H12FNO3S. The molecule has 0 aliphatic carbocycles. The molecule has 0 saturated heterocycles. The summed E-state index contributed by atoms with van der Waals surface area (Å²) in [6.45, 7) is 0.220. The third kappa shape index (κ3) is 3.62. The van der Waals surface area contributed by atoms with Gasteiger partial charge in [-0.1, -0.05) is 0 Å². The summed E-state index contributed by atoms with van der Waals surface area (Å²) >= 11 is 0. The maximum absolute atomic E-state index is 12.8. The summed E-state index contributed by atoms with van der Waals surface area (Å²) in [6, 6.07) is 3.13. The van der Waals surface area contributed by atoms with Crippen LogP contribution in [0.4, 0.5) is 4.39 Å². The SMILES string of the molecule is CS(=O)CCNC(=O)c1cc(F)ccc1O. The van der Waals surface area contributed by atoms with Crippen LogP contribution in [0.2, 0.25) is 0 Å². The van der Waals surface area contributed by atoms with E-state index in [1.54, 1.807) is 0 Å². The Morgan fingerprint density at radius 1 is 1.56 bits per heavy atom. The number of benzene rings is 1. The largest absolute Gasteiger partial charge is 0.507 e. The second kappa shape index (κ2) is 5.60. The van der Waals surface area contributed by atoms with Crippen LogP contribution in [0.5, 0.6) is 5.75 Å². The first-order chi connectivity index (χ1) is 7.50. The van der Waals surface area contributed by atoms with Crippen LogP contribution in [-0.4, -0.2) is 33.8 Å². The summed E-state index contributed by atoms with van der Waals surface area (Å²) in [6.07, 6.45) is 1.52. The molecule has 0 radical (unpaired) electrons. The number of phenolic OH excluding ortho intramolecular Hbond substituents is 1. The smallest absolute Gasteiger partial charge is 0.255 e. The predicted octanol–water partition coefficient (Wildman–Crippen LogP) is 0.640. The molecule has 1 amide bonds. The van der Waals surface area contributed by atoms with Crippen molar-refractivity contribution in [1.29, 1.82) is 0 Å². The highest BCUT2D eigenvalue weighted by Gasteiger charge is 2.11. The Hall–Kier alpha value is -1.43. The van der Waals surface area contributed by atoms with Crippen LogP contribution in [0.1, 0.15) is 10.4 Å². The first kappa shape index (κ1) is 12.6. The maximum Gasteiger partial charge on any atom is 0.255 e. The van der Waals surface area contributed by atoms with Gasteiger partial charge in [0.05, 0.1) is 5.56 Å². The van der Waals surface area contributed by atoms with Gasteiger partial charge in [0, 0.05) is 29.4 Å². The van der Waals surface area contributed by atoms with Crippen molar-refractivity contribution >= 4 is 16.7 Å². The zero-order chi connectivity index (χ0) is 12.1. The van der Waals surface area contributed by atoms with Crippen LogP contribution in [-0.2, 0) is 10.8 Å². The summed E-state index contributed by atoms with van der Waals surface area (Å²) < 4.78 is 23.6. The molecule has 16 heavy (non-hydrogen) atoms. The molecule has 1 aromatic carbocycles. The first-order valence-electron chi connectivity index (χ1n) is 4.57. The number of amides is 1. The topological polar surface area (TPSA) is 66.4 Å². The van der Waals surface area contributed by atoms with E-state index in [1.807, 2.05) is 0 Å². The van der Waals surface area contributed by atoms with Gasteiger partial charge in [0.1, 0.15) is 11.6 Å². The minimum absolute atomic E-state index is 0.123. The number of rotatable bonds is 4. The van der Waals surface area contributed by atoms with Gasteiger partial charge in [0.15, 0.2) is 0 Å². The van der Waals surface area contributed by atoms with Gasteiger partial charge in [-0.3, -0.25) is 9.00 Å². The van der Waals surface area contributed by atoms with E-state index < -0.39 is 22.5 Å². The zero-order valence-electron chi connectivity index (χ0n) is 8.70. The highest BCUT2D eigenvalue weighted by Crippen LogP contribution is 2.17. The van der Waals surface area contributed by atoms with Gasteiger partial charge in [0.25, 0.3) is 5.91 Å². The fourth-order valence-electron chi connectivity index (χ4n) is 1.09. The Kier molecular flexibility index (Phi) is 4.42. The number of hydrogen-bond donors (Lipinski definition) is 2. The minimum Gasteiger partial charge on any atom is -0.507 e. The monoisotopic (exact) mass is 245 g/mol. The number of halogens is 1. The summed E-state index contributed by atoms with van der Waals surface area (Å²) in [5, 5.41) is 11.8. The minimum atomic E-state index is -0.999. The molecule has 0 saturated carbocycles. The third-order valence-electron chi connectivity index (χ3n) is 1.88. The molecular weight excluding hydrogens is 233 g/mol. The van der Waals surface area contributed by atoms with Gasteiger partial charge < -0.3 is 10.4 Å². The number of carbonyl (C=O) groups excluding carboxylic acids is 1. The van der Waals surface area contributed by atoms with Crippen molar-refractivity contribution in [2.75, 3.05) is 18.6 Å². The van der Waals surface area contributed by atoms with Crippen LogP contribution in [0.25, 0.3) is 0 Å². The molecule has 88 valence electrons. The van der Waals surface area contributed by atoms with E-state index in [0.29, 0.717) is 5.75 Å². The number of phenols is 1. The van der Waals surface area contributed by atoms with Crippen molar-refractivity contribution in [1.82, 2.24) is 5.32 Å². The van der Waals surface area contributed by atoms with Crippen LogP contribution in [0, 0.1) is 5.82 Å². The molecule has 1 rings (SSSR count). The molecule has 6 heteroatoms. The van der Waals surface area contributed by atoms with Crippen molar-refractivity contribution in [3.05, 3.63) is 29.6 Å². The Bertz CT molecular complexity index is 423. The zero-order valence-corrected chi connectivity index (χ0v) is 9.51. The Labute approximate surface area is 94.9 Å². The summed E-state index contributed by atoms with van der Waals surface area (Å²) in [5.74, 6) is -1.14. The van der Waals surface area contributed by atoms with Gasteiger partial charge in [-0.15, -0.1) is 0 Å². The van der Waals surface area contributed by atoms with E-state index in [2.05, 4.69) is 5.32 Å². The molecule has 0 heterocycles. The second-order valence-electron chi connectivity index (χ2n) is 3.19. The quantitative estimate of drug-likeness (QED) is 0.818. The van der Waals surface area contributed by atoms with Crippen LogP contribution in [0.15, 0.2) is 18.2 Å². The lowest BCUT2D eigenvalue weighted by Crippen LogP contribution is -2.27. The molecule has 1 aromatic rings. The summed E-state index contributed by atoms with van der Waals surface area (Å²) in [7, 11) is -0.999. The number of aromatic hydroxyl groups is 1. The van der Waals surface area contributed by atoms with Crippen LogP contribution >= 0.6 is 0 Å². The van der Waals surface area contributed by atoms with Gasteiger partial charge in [-0.2, -0.15) is 0 Å². The fourth-order valence-corrected chi connectivity index (χ4v) is 1.48. The molecule has 0 bridgehead atoms. The lowest BCUT2D eigenvalue weighted by molar-refractivity contribution is 0.0953. The number of hydrogen-bond acceptors (Lipinski definition) is 3. The van der Waals surface area contributed by atoms with E-state index >= 15 is 0 Å². The Morgan fingerprint density at radius 2 is 2.25 bits per heavy atom. The van der Waals surface area contributed by atoms with E-state index in [-0.39, 0.29) is 17.9 Å². The lowest BCUT2D eigenvalue weighted by atomic mass is 10.2. The summed E-state index contributed by atoms with van der Waals surface area (Å²) in [4.78, 5) is 11.5. The normalized spacial score (nSPS) is 12.1. The molecule has 0 fully saturated rings. The molecule has 1 atom stereocenters. The van der Waals surface area contributed by atoms with E-state index in [0.717, 1.165) is 18.2 Å². The summed E-state index contributed by atoms with van der Waals surface area (Å²) in [5.41, 5.74) is -0.123. The fraction of sp³-hybridized carbons (Fsp3) is 0.300. The van der Waals surface area contributed by atoms with E-state index in [4.69, 9.17) is 0 Å². The first-order valence-corrected chi connectivity index (χ1v) is 6.30. The number of nitrogens with one attached hydrogen (secondary N) is 1. The van der Waals surface area contributed by atoms with Crippen molar-refractivity contribution in [2.45, 2.75) is 0 Å². The van der Waals surface area contributed by atoms with Crippen molar-refractivity contribution in [3.63, 3.8) is 0 Å². The standard InChI is InChI=1S/C10H12FNO3S/c1-16(15)5-4-12-10(14)8-6-7(11)2-3-9(8)13/h2-3,6,13H,4-5H2,1H3,(H,12,14). The Morgan fingerprint density at radius 3 is 2.88 bits per heavy atom. The van der Waals surface area contributed by atoms with Gasteiger partial charge in [0.2, 0.25) is 0 Å². The lowest BCUT2D eigenvalue weighted by Gasteiger charge is -2.05. The van der Waals surface area contributed by atoms with Crippen molar-refractivity contribution < 1.29 is 18.5 Å². The molecule has 2 N–H and O–H groups in total. The molecule has 0 spiro atoms. The predicted molar refractivity (Wildman–Crippen MR) is 59.3 cm³/mol. The van der Waals surface area contributed by atoms with Crippen LogP contribution in [0.3, 0.4) is 0 Å². The molecule has 0 aliphatic heterocycles. The average molecular weight is 245 g/mol. The van der Waals surface area contributed by atoms with E-state index in [9.17, 15) is 18.5 Å². The van der Waals surface area contributed by atoms with E-state index in [1.165, 1.54) is 6.26 Å². The van der Waals surface area contributed by atoms with Crippen molar-refractivity contribution in [2.24, 2.45) is 0 Å². The average Bonchev–Trinajstić information content (AvgIpc) is 2.21. The highest BCUT2D eigenvalue weighted by molar-refractivity contribution is 7.84. The van der Waals surface area contributed by atoms with Crippen molar-refractivity contribution in [3.8, 4) is 5.75 Å². The molecule has 0 aromatic heterocycles. The van der Waals surface area contributed by atoms with Gasteiger partial charge in [-0.25, -0.2) is 4.39 Å². The second-order valence-corrected chi connectivity index (χ2v) is 4.75. The Balaban J connectivity index is 2.65. The highest BCUT2D eigenvalue weighted by atomic mass is 32.2. The number of carbonyl (C=O) groups is 1. The van der Waals surface area contributed by atoms with Gasteiger partial charge in [-0.05, 0) is 18.2 Å². The van der Waals surface area contributed by atoms with Crippen LogP contribution < -0.4 is 5.32 Å². The van der Waals surface area contributed by atoms with Gasteiger partial charge >= 0.3 is 0 Å². The molecule has 4 nitrogen and oxygen atoms in total. The molecule has 1 unspecified atom stereocenters. The third-order valence-corrected chi connectivity index (χ3v) is 2.66.